The third kappa shape index (κ3) is 2.99. The van der Waals surface area contributed by atoms with Crippen LogP contribution in [0, 0.1) is 5.92 Å². The summed E-state index contributed by atoms with van der Waals surface area (Å²) < 4.78 is 16.0. The average Bonchev–Trinajstić information content (AvgIpc) is 3.02. The number of methoxy groups -OCH3 is 3. The number of H-pyrrole nitrogens is 1. The number of aromatic amines is 1. The topological polar surface area (TPSA) is 95.3 Å². The molecule has 2 aromatic rings. The summed E-state index contributed by atoms with van der Waals surface area (Å²) in [7, 11) is 4.70. The molecule has 0 aliphatic rings. The zero-order chi connectivity index (χ0) is 16.3. The number of nitrogens with two attached hydrogens (primary N) is 1. The minimum atomic E-state index is -0.191. The van der Waals surface area contributed by atoms with Crippen molar-refractivity contribution < 1.29 is 14.2 Å². The van der Waals surface area contributed by atoms with E-state index in [1.165, 1.54) is 0 Å². The van der Waals surface area contributed by atoms with E-state index in [-0.39, 0.29) is 12.0 Å². The summed E-state index contributed by atoms with van der Waals surface area (Å²) in [5.74, 6) is 3.08. The standard InChI is InChI=1S/C15H22N4O3/c1-8(2)12(16)15-17-14(18-19-15)9-6-10(20-3)13(22-5)11(7-9)21-4/h6-8,12H,16H2,1-5H3,(H,17,18,19)/t12-/m1/s1. The van der Waals surface area contributed by atoms with Crippen LogP contribution >= 0.6 is 0 Å². The highest BCUT2D eigenvalue weighted by atomic mass is 16.5. The van der Waals surface area contributed by atoms with Crippen LogP contribution in [0.4, 0.5) is 0 Å². The van der Waals surface area contributed by atoms with Crippen molar-refractivity contribution in [2.75, 3.05) is 21.3 Å². The minimum absolute atomic E-state index is 0.191. The van der Waals surface area contributed by atoms with Crippen LogP contribution in [0.5, 0.6) is 17.2 Å². The molecule has 0 fully saturated rings. The molecule has 120 valence electrons. The lowest BCUT2D eigenvalue weighted by Crippen LogP contribution is -2.18. The van der Waals surface area contributed by atoms with Gasteiger partial charge in [0.05, 0.1) is 27.4 Å². The van der Waals surface area contributed by atoms with Gasteiger partial charge in [0, 0.05) is 5.56 Å². The number of rotatable bonds is 6. The summed E-state index contributed by atoms with van der Waals surface area (Å²) in [6.07, 6.45) is 0. The molecule has 7 heteroatoms. The predicted molar refractivity (Wildman–Crippen MR) is 83.2 cm³/mol. The van der Waals surface area contributed by atoms with E-state index in [9.17, 15) is 0 Å². The lowest BCUT2D eigenvalue weighted by Gasteiger charge is -2.13. The van der Waals surface area contributed by atoms with Gasteiger partial charge in [0.1, 0.15) is 5.82 Å². The van der Waals surface area contributed by atoms with Gasteiger partial charge in [-0.3, -0.25) is 5.10 Å². The zero-order valence-corrected chi connectivity index (χ0v) is 13.5. The smallest absolute Gasteiger partial charge is 0.203 e. The van der Waals surface area contributed by atoms with Crippen LogP contribution in [-0.4, -0.2) is 36.5 Å². The van der Waals surface area contributed by atoms with Crippen molar-refractivity contribution in [2.45, 2.75) is 19.9 Å². The number of hydrogen-bond donors (Lipinski definition) is 2. The van der Waals surface area contributed by atoms with Crippen LogP contribution in [-0.2, 0) is 0 Å². The van der Waals surface area contributed by atoms with Gasteiger partial charge >= 0.3 is 0 Å². The molecule has 0 spiro atoms. The molecule has 0 unspecified atom stereocenters. The van der Waals surface area contributed by atoms with Gasteiger partial charge in [-0.1, -0.05) is 13.8 Å². The van der Waals surface area contributed by atoms with E-state index in [4.69, 9.17) is 19.9 Å². The lowest BCUT2D eigenvalue weighted by molar-refractivity contribution is 0.324. The van der Waals surface area contributed by atoms with Gasteiger partial charge in [0.15, 0.2) is 17.3 Å². The fourth-order valence-corrected chi connectivity index (χ4v) is 2.08. The van der Waals surface area contributed by atoms with E-state index in [1.807, 2.05) is 13.8 Å². The van der Waals surface area contributed by atoms with E-state index in [2.05, 4.69) is 15.2 Å². The normalized spacial score (nSPS) is 12.3. The van der Waals surface area contributed by atoms with Crippen molar-refractivity contribution >= 4 is 0 Å². The molecule has 7 nitrogen and oxygen atoms in total. The molecule has 1 aromatic carbocycles. The monoisotopic (exact) mass is 306 g/mol. The molecule has 2 rings (SSSR count). The number of ether oxygens (including phenoxy) is 3. The van der Waals surface area contributed by atoms with Gasteiger partial charge < -0.3 is 19.9 Å². The highest BCUT2D eigenvalue weighted by Crippen LogP contribution is 2.40. The molecular formula is C15H22N4O3. The number of nitrogens with one attached hydrogen (secondary N) is 1. The Morgan fingerprint density at radius 2 is 1.64 bits per heavy atom. The van der Waals surface area contributed by atoms with E-state index in [1.54, 1.807) is 33.5 Å². The Balaban J connectivity index is 2.45. The fraction of sp³-hybridized carbons (Fsp3) is 0.467. The molecule has 0 aliphatic heterocycles. The Morgan fingerprint density at radius 1 is 1.05 bits per heavy atom. The number of benzene rings is 1. The quantitative estimate of drug-likeness (QED) is 0.849. The SMILES string of the molecule is COc1cc(-c2n[nH]c([C@H](N)C(C)C)n2)cc(OC)c1OC. The fourth-order valence-electron chi connectivity index (χ4n) is 2.08. The number of hydrogen-bond acceptors (Lipinski definition) is 6. The van der Waals surface area contributed by atoms with Gasteiger partial charge in [0.2, 0.25) is 5.75 Å². The summed E-state index contributed by atoms with van der Waals surface area (Å²) in [6, 6.07) is 3.41. The molecule has 1 aromatic heterocycles. The molecule has 0 saturated heterocycles. The van der Waals surface area contributed by atoms with Crippen molar-refractivity contribution in [1.29, 1.82) is 0 Å². The molecule has 22 heavy (non-hydrogen) atoms. The van der Waals surface area contributed by atoms with Crippen molar-refractivity contribution in [2.24, 2.45) is 11.7 Å². The van der Waals surface area contributed by atoms with E-state index in [0.717, 1.165) is 5.56 Å². The summed E-state index contributed by atoms with van der Waals surface area (Å²) >= 11 is 0. The Hall–Kier alpha value is -2.28. The van der Waals surface area contributed by atoms with Crippen molar-refractivity contribution in [3.63, 3.8) is 0 Å². The second kappa shape index (κ2) is 6.65. The maximum absolute atomic E-state index is 6.08. The number of aromatic nitrogens is 3. The van der Waals surface area contributed by atoms with Crippen molar-refractivity contribution in [1.82, 2.24) is 15.2 Å². The molecule has 3 N–H and O–H groups in total. The molecule has 0 aliphatic carbocycles. The molecular weight excluding hydrogens is 284 g/mol. The third-order valence-corrected chi connectivity index (χ3v) is 3.46. The largest absolute Gasteiger partial charge is 0.493 e. The van der Waals surface area contributed by atoms with Crippen LogP contribution < -0.4 is 19.9 Å². The van der Waals surface area contributed by atoms with E-state index < -0.39 is 0 Å². The van der Waals surface area contributed by atoms with Gasteiger partial charge in [-0.2, -0.15) is 5.10 Å². The molecule has 1 atom stereocenters. The predicted octanol–water partition coefficient (Wildman–Crippen LogP) is 2.15. The highest BCUT2D eigenvalue weighted by molar-refractivity contribution is 5.66. The third-order valence-electron chi connectivity index (χ3n) is 3.46. The van der Waals surface area contributed by atoms with Crippen LogP contribution in [0.25, 0.3) is 11.4 Å². The first-order valence-electron chi connectivity index (χ1n) is 7.00. The maximum atomic E-state index is 6.08. The first-order valence-corrected chi connectivity index (χ1v) is 7.00. The Morgan fingerprint density at radius 3 is 2.09 bits per heavy atom. The Kier molecular flexibility index (Phi) is 4.87. The highest BCUT2D eigenvalue weighted by Gasteiger charge is 2.19. The minimum Gasteiger partial charge on any atom is -0.493 e. The second-order valence-corrected chi connectivity index (χ2v) is 5.23. The summed E-state index contributed by atoms with van der Waals surface area (Å²) in [4.78, 5) is 4.46. The number of nitrogens with zero attached hydrogens (tertiary/aromatic N) is 2. The van der Waals surface area contributed by atoms with Crippen LogP contribution in [0.15, 0.2) is 12.1 Å². The van der Waals surface area contributed by atoms with E-state index >= 15 is 0 Å². The van der Waals surface area contributed by atoms with Crippen LogP contribution in [0.1, 0.15) is 25.7 Å². The first kappa shape index (κ1) is 16.1. The summed E-state index contributed by atoms with van der Waals surface area (Å²) in [6.45, 7) is 4.07. The summed E-state index contributed by atoms with van der Waals surface area (Å²) in [5.41, 5.74) is 6.84. The van der Waals surface area contributed by atoms with Crippen LogP contribution in [0.2, 0.25) is 0 Å². The van der Waals surface area contributed by atoms with Crippen LogP contribution in [0.3, 0.4) is 0 Å². The van der Waals surface area contributed by atoms with Crippen molar-refractivity contribution in [3.05, 3.63) is 18.0 Å². The summed E-state index contributed by atoms with van der Waals surface area (Å²) in [5, 5.41) is 7.12. The van der Waals surface area contributed by atoms with Crippen molar-refractivity contribution in [3.8, 4) is 28.6 Å². The van der Waals surface area contributed by atoms with Gasteiger partial charge in [-0.05, 0) is 18.1 Å². The lowest BCUT2D eigenvalue weighted by atomic mass is 10.1. The zero-order valence-electron chi connectivity index (χ0n) is 13.5. The van der Waals surface area contributed by atoms with Gasteiger partial charge in [0.25, 0.3) is 0 Å². The van der Waals surface area contributed by atoms with Gasteiger partial charge in [-0.25, -0.2) is 4.98 Å². The average molecular weight is 306 g/mol. The molecule has 0 radical (unpaired) electrons. The second-order valence-electron chi connectivity index (χ2n) is 5.23. The van der Waals surface area contributed by atoms with E-state index in [0.29, 0.717) is 28.9 Å². The molecule has 0 bridgehead atoms. The van der Waals surface area contributed by atoms with Gasteiger partial charge in [-0.15, -0.1) is 0 Å². The Bertz CT molecular complexity index is 614. The molecule has 0 amide bonds. The first-order chi connectivity index (χ1) is 10.5. The maximum Gasteiger partial charge on any atom is 0.203 e. The Labute approximate surface area is 129 Å². The molecule has 1 heterocycles. The molecule has 0 saturated carbocycles.